The van der Waals surface area contributed by atoms with Crippen molar-refractivity contribution in [2.24, 2.45) is 0 Å². The molecule has 0 spiro atoms. The highest BCUT2D eigenvalue weighted by atomic mass is 32.1. The average molecular weight is 290 g/mol. The Bertz CT molecular complexity index is 601. The van der Waals surface area contributed by atoms with Crippen LogP contribution in [0.5, 0.6) is 5.88 Å². The molecular weight excluding hydrogens is 276 g/mol. The maximum atomic E-state index is 12.3. The van der Waals surface area contributed by atoms with Crippen molar-refractivity contribution in [1.29, 1.82) is 0 Å². The van der Waals surface area contributed by atoms with E-state index in [1.165, 1.54) is 17.7 Å². The number of hydrogen-bond acceptors (Lipinski definition) is 6. The first-order chi connectivity index (χ1) is 9.74. The summed E-state index contributed by atoms with van der Waals surface area (Å²) in [6.07, 6.45) is 3.89. The first kappa shape index (κ1) is 13.0. The maximum absolute atomic E-state index is 12.3. The van der Waals surface area contributed by atoms with Gasteiger partial charge in [0.15, 0.2) is 0 Å². The lowest BCUT2D eigenvalue weighted by Gasteiger charge is -2.16. The van der Waals surface area contributed by atoms with E-state index < -0.39 is 0 Å². The van der Waals surface area contributed by atoms with Gasteiger partial charge in [0.1, 0.15) is 17.3 Å². The normalized spacial score (nSPS) is 18.2. The van der Waals surface area contributed by atoms with Crippen LogP contribution >= 0.6 is 11.3 Å². The largest absolute Gasteiger partial charge is 0.472 e. The van der Waals surface area contributed by atoms with Gasteiger partial charge >= 0.3 is 0 Å². The predicted octanol–water partition coefficient (Wildman–Crippen LogP) is 1.54. The molecular formula is C13H14N4O2S. The van der Waals surface area contributed by atoms with Crippen LogP contribution in [0.4, 0.5) is 0 Å². The molecule has 1 amide bonds. The van der Waals surface area contributed by atoms with Gasteiger partial charge in [0, 0.05) is 25.2 Å². The summed E-state index contributed by atoms with van der Waals surface area (Å²) in [5.74, 6) is 0.590. The molecule has 1 fully saturated rings. The van der Waals surface area contributed by atoms with E-state index >= 15 is 0 Å². The zero-order chi connectivity index (χ0) is 13.9. The van der Waals surface area contributed by atoms with E-state index in [2.05, 4.69) is 15.0 Å². The molecule has 0 radical (unpaired) electrons. The summed E-state index contributed by atoms with van der Waals surface area (Å²) in [6.45, 7) is 3.14. The van der Waals surface area contributed by atoms with Crippen molar-refractivity contribution >= 4 is 17.2 Å². The third-order valence-electron chi connectivity index (χ3n) is 3.21. The highest BCUT2D eigenvalue weighted by Crippen LogP contribution is 2.21. The molecule has 7 heteroatoms. The van der Waals surface area contributed by atoms with Crippen LogP contribution in [0.25, 0.3) is 0 Å². The molecule has 2 aromatic heterocycles. The molecule has 0 saturated carbocycles. The minimum Gasteiger partial charge on any atom is -0.472 e. The second-order valence-corrected chi connectivity index (χ2v) is 5.45. The molecule has 0 bridgehead atoms. The molecule has 0 unspecified atom stereocenters. The Balaban J connectivity index is 1.62. The number of carbonyl (C=O) groups excluding carboxylic acids is 1. The van der Waals surface area contributed by atoms with Gasteiger partial charge in [0.25, 0.3) is 5.91 Å². The van der Waals surface area contributed by atoms with Crippen molar-refractivity contribution in [3.8, 4) is 5.88 Å². The average Bonchev–Trinajstić information content (AvgIpc) is 3.08. The lowest BCUT2D eigenvalue weighted by molar-refractivity contribution is 0.0775. The van der Waals surface area contributed by atoms with Crippen LogP contribution in [0.15, 0.2) is 24.1 Å². The molecule has 1 atom stereocenters. The second kappa shape index (κ2) is 5.54. The van der Waals surface area contributed by atoms with Crippen LogP contribution in [0, 0.1) is 6.92 Å². The molecule has 3 rings (SSSR count). The number of aryl methyl sites for hydroxylation is 1. The number of likely N-dealkylation sites (tertiary alicyclic amines) is 1. The number of nitrogens with zero attached hydrogens (tertiary/aromatic N) is 4. The Labute approximate surface area is 120 Å². The van der Waals surface area contributed by atoms with Crippen molar-refractivity contribution < 1.29 is 9.53 Å². The van der Waals surface area contributed by atoms with Crippen molar-refractivity contribution in [3.63, 3.8) is 0 Å². The molecule has 1 aliphatic rings. The summed E-state index contributed by atoms with van der Waals surface area (Å²) in [4.78, 5) is 26.9. The number of rotatable bonds is 3. The number of hydrogen-bond donors (Lipinski definition) is 0. The van der Waals surface area contributed by atoms with E-state index in [1.54, 1.807) is 17.8 Å². The smallest absolute Gasteiger partial charge is 0.265 e. The monoisotopic (exact) mass is 290 g/mol. The Kier molecular flexibility index (Phi) is 3.60. The number of ether oxygens (including phenoxy) is 1. The fourth-order valence-electron chi connectivity index (χ4n) is 2.18. The Morgan fingerprint density at radius 2 is 2.40 bits per heavy atom. The molecule has 0 N–H and O–H groups in total. The van der Waals surface area contributed by atoms with Gasteiger partial charge in [-0.3, -0.25) is 4.79 Å². The molecule has 3 heterocycles. The van der Waals surface area contributed by atoms with Crippen LogP contribution in [0.1, 0.15) is 21.8 Å². The summed E-state index contributed by atoms with van der Waals surface area (Å²) >= 11 is 1.39. The summed E-state index contributed by atoms with van der Waals surface area (Å²) in [5.41, 5.74) is 2.49. The van der Waals surface area contributed by atoms with Crippen LogP contribution in [-0.4, -0.2) is 45.0 Å². The number of amides is 1. The van der Waals surface area contributed by atoms with Gasteiger partial charge in [-0.05, 0) is 6.92 Å². The molecule has 0 aromatic carbocycles. The van der Waals surface area contributed by atoms with Gasteiger partial charge < -0.3 is 9.64 Å². The summed E-state index contributed by atoms with van der Waals surface area (Å²) < 4.78 is 5.75. The lowest BCUT2D eigenvalue weighted by atomic mass is 10.3. The molecule has 6 nitrogen and oxygen atoms in total. The van der Waals surface area contributed by atoms with Crippen LogP contribution in [0.3, 0.4) is 0 Å². The van der Waals surface area contributed by atoms with Crippen molar-refractivity contribution in [3.05, 3.63) is 34.7 Å². The Hall–Kier alpha value is -2.02. The molecule has 1 saturated heterocycles. The van der Waals surface area contributed by atoms with Gasteiger partial charge in [0.2, 0.25) is 5.88 Å². The Morgan fingerprint density at radius 3 is 3.10 bits per heavy atom. The predicted molar refractivity (Wildman–Crippen MR) is 73.8 cm³/mol. The van der Waals surface area contributed by atoms with E-state index in [1.807, 2.05) is 11.8 Å². The fourth-order valence-corrected chi connectivity index (χ4v) is 2.95. The van der Waals surface area contributed by atoms with E-state index in [9.17, 15) is 4.79 Å². The van der Waals surface area contributed by atoms with E-state index in [4.69, 9.17) is 4.74 Å². The molecule has 0 aliphatic carbocycles. The number of aromatic nitrogens is 3. The first-order valence-corrected chi connectivity index (χ1v) is 7.24. The first-order valence-electron chi connectivity index (χ1n) is 6.36. The summed E-state index contributed by atoms with van der Waals surface area (Å²) in [5, 5.41) is 0. The van der Waals surface area contributed by atoms with E-state index in [0.717, 1.165) is 12.1 Å². The third kappa shape index (κ3) is 2.62. The van der Waals surface area contributed by atoms with Gasteiger partial charge in [-0.2, -0.15) is 0 Å². The standard InChI is InChI=1S/C13H14N4O2S/c1-9-12(20-8-16-9)13(18)17-5-3-10(6-17)19-11-2-4-14-7-15-11/h2,4,7-8,10H,3,5-6H2,1H3/t10-/m1/s1. The number of thiazole rings is 1. The van der Waals surface area contributed by atoms with E-state index in [0.29, 0.717) is 23.8 Å². The Morgan fingerprint density at radius 1 is 1.50 bits per heavy atom. The zero-order valence-corrected chi connectivity index (χ0v) is 11.8. The number of carbonyl (C=O) groups is 1. The molecule has 2 aromatic rings. The third-order valence-corrected chi connectivity index (χ3v) is 4.13. The van der Waals surface area contributed by atoms with Crippen molar-refractivity contribution in [2.75, 3.05) is 13.1 Å². The summed E-state index contributed by atoms with van der Waals surface area (Å²) in [7, 11) is 0. The summed E-state index contributed by atoms with van der Waals surface area (Å²) in [6, 6.07) is 1.72. The molecule has 104 valence electrons. The van der Waals surface area contributed by atoms with Crippen molar-refractivity contribution in [2.45, 2.75) is 19.4 Å². The quantitative estimate of drug-likeness (QED) is 0.857. The fraction of sp³-hybridized carbons (Fsp3) is 0.385. The maximum Gasteiger partial charge on any atom is 0.265 e. The van der Waals surface area contributed by atoms with Crippen LogP contribution in [0.2, 0.25) is 0 Å². The van der Waals surface area contributed by atoms with E-state index in [-0.39, 0.29) is 12.0 Å². The topological polar surface area (TPSA) is 68.2 Å². The second-order valence-electron chi connectivity index (χ2n) is 4.59. The van der Waals surface area contributed by atoms with Crippen LogP contribution < -0.4 is 4.74 Å². The minimum atomic E-state index is -0.0120. The van der Waals surface area contributed by atoms with Crippen LogP contribution in [-0.2, 0) is 0 Å². The highest BCUT2D eigenvalue weighted by Gasteiger charge is 2.29. The minimum absolute atomic E-state index is 0.0120. The molecule has 1 aliphatic heterocycles. The SMILES string of the molecule is Cc1ncsc1C(=O)N1CC[C@@H](Oc2ccncn2)C1. The lowest BCUT2D eigenvalue weighted by Crippen LogP contribution is -2.30. The van der Waals surface area contributed by atoms with Crippen molar-refractivity contribution in [1.82, 2.24) is 19.9 Å². The van der Waals surface area contributed by atoms with Gasteiger partial charge in [-0.25, -0.2) is 15.0 Å². The zero-order valence-electron chi connectivity index (χ0n) is 11.0. The van der Waals surface area contributed by atoms with Gasteiger partial charge in [-0.15, -0.1) is 11.3 Å². The van der Waals surface area contributed by atoms with Gasteiger partial charge in [0.05, 0.1) is 17.7 Å². The molecule has 20 heavy (non-hydrogen) atoms. The van der Waals surface area contributed by atoms with Gasteiger partial charge in [-0.1, -0.05) is 0 Å². The highest BCUT2D eigenvalue weighted by molar-refractivity contribution is 7.11.